The van der Waals surface area contributed by atoms with Gasteiger partial charge in [0.25, 0.3) is 0 Å². The summed E-state index contributed by atoms with van der Waals surface area (Å²) in [6, 6.07) is 3.75. The Morgan fingerprint density at radius 3 is 2.54 bits per heavy atom. The Labute approximate surface area is 156 Å². The van der Waals surface area contributed by atoms with Crippen LogP contribution < -0.4 is 5.32 Å². The second-order valence-electron chi connectivity index (χ2n) is 8.39. The molecule has 0 aliphatic rings. The van der Waals surface area contributed by atoms with Gasteiger partial charge in [0.05, 0.1) is 28.2 Å². The van der Waals surface area contributed by atoms with Crippen molar-refractivity contribution in [2.24, 2.45) is 0 Å². The lowest BCUT2D eigenvalue weighted by Crippen LogP contribution is -2.27. The highest BCUT2D eigenvalue weighted by molar-refractivity contribution is 7.23. The van der Waals surface area contributed by atoms with Gasteiger partial charge in [-0.05, 0) is 32.9 Å². The van der Waals surface area contributed by atoms with Crippen LogP contribution in [0.3, 0.4) is 0 Å². The highest BCUT2D eigenvalue weighted by Gasteiger charge is 2.21. The van der Waals surface area contributed by atoms with E-state index in [4.69, 9.17) is 9.72 Å². The number of fused-ring (bicyclic) bond motifs is 3. The molecule has 0 saturated heterocycles. The van der Waals surface area contributed by atoms with Crippen LogP contribution in [0, 0.1) is 0 Å². The Bertz CT molecular complexity index is 974. The molecular weight excluding hydrogens is 350 g/mol. The van der Waals surface area contributed by atoms with E-state index in [-0.39, 0.29) is 12.0 Å². The molecule has 0 aliphatic heterocycles. The molecule has 0 bridgehead atoms. The number of aliphatic hydroxyl groups is 1. The van der Waals surface area contributed by atoms with E-state index in [9.17, 15) is 9.90 Å². The zero-order chi connectivity index (χ0) is 19.3. The van der Waals surface area contributed by atoms with E-state index in [1.807, 2.05) is 43.5 Å². The van der Waals surface area contributed by atoms with Gasteiger partial charge in [0.2, 0.25) is 0 Å². The van der Waals surface area contributed by atoms with Crippen molar-refractivity contribution < 1.29 is 14.6 Å². The Morgan fingerprint density at radius 1 is 1.27 bits per heavy atom. The molecule has 3 aromatic rings. The topological polar surface area (TPSA) is 75.9 Å². The van der Waals surface area contributed by atoms with Gasteiger partial charge >= 0.3 is 6.09 Å². The number of thiazole rings is 1. The summed E-state index contributed by atoms with van der Waals surface area (Å²) < 4.78 is 8.36. The predicted octanol–water partition coefficient (Wildman–Crippen LogP) is 4.69. The van der Waals surface area contributed by atoms with Gasteiger partial charge in [-0.2, -0.15) is 0 Å². The number of hydrogen-bond donors (Lipinski definition) is 2. The van der Waals surface area contributed by atoms with Crippen molar-refractivity contribution in [1.29, 1.82) is 0 Å². The smallest absolute Gasteiger partial charge is 0.412 e. The molecule has 0 spiro atoms. The first-order valence-corrected chi connectivity index (χ1v) is 9.35. The lowest BCUT2D eigenvalue weighted by molar-refractivity contribution is 0.0635. The first kappa shape index (κ1) is 18.7. The highest BCUT2D eigenvalue weighted by Crippen LogP contribution is 2.33. The third-order valence-electron chi connectivity index (χ3n) is 3.89. The average molecular weight is 375 g/mol. The molecule has 26 heavy (non-hydrogen) atoms. The van der Waals surface area contributed by atoms with Crippen molar-refractivity contribution in [2.75, 3.05) is 5.32 Å². The average Bonchev–Trinajstić information content (AvgIpc) is 3.02. The fourth-order valence-corrected chi connectivity index (χ4v) is 3.66. The minimum atomic E-state index is -0.588. The summed E-state index contributed by atoms with van der Waals surface area (Å²) in [6.07, 6.45) is 1.49. The summed E-state index contributed by atoms with van der Waals surface area (Å²) in [7, 11) is 0. The molecule has 0 unspecified atom stereocenters. The highest BCUT2D eigenvalue weighted by atomic mass is 32.1. The molecule has 6 nitrogen and oxygen atoms in total. The SMILES string of the molecule is CC(C)(C)OC(=O)Nc1cc2c(cc1CO)sc1nc(C(C)(C)C)cn12. The Balaban J connectivity index is 2.06. The first-order valence-electron chi connectivity index (χ1n) is 8.54. The molecule has 2 N–H and O–H groups in total. The summed E-state index contributed by atoms with van der Waals surface area (Å²) in [6.45, 7) is 11.6. The second-order valence-corrected chi connectivity index (χ2v) is 9.40. The minimum Gasteiger partial charge on any atom is -0.444 e. The van der Waals surface area contributed by atoms with Crippen LogP contribution in [0.2, 0.25) is 0 Å². The van der Waals surface area contributed by atoms with Crippen molar-refractivity contribution >= 4 is 38.3 Å². The maximum atomic E-state index is 12.1. The largest absolute Gasteiger partial charge is 0.444 e. The predicted molar refractivity (Wildman–Crippen MR) is 105 cm³/mol. The molecule has 3 rings (SSSR count). The number of nitrogens with one attached hydrogen (secondary N) is 1. The number of hydrogen-bond acceptors (Lipinski definition) is 5. The van der Waals surface area contributed by atoms with E-state index in [2.05, 4.69) is 26.1 Å². The summed E-state index contributed by atoms with van der Waals surface area (Å²) in [5.41, 5.74) is 2.51. The van der Waals surface area contributed by atoms with Crippen LogP contribution in [0.5, 0.6) is 0 Å². The number of carbonyl (C=O) groups is 1. The maximum absolute atomic E-state index is 12.1. The van der Waals surface area contributed by atoms with Gasteiger partial charge in [-0.3, -0.25) is 9.72 Å². The van der Waals surface area contributed by atoms with Gasteiger partial charge in [-0.15, -0.1) is 0 Å². The van der Waals surface area contributed by atoms with Crippen LogP contribution in [-0.2, 0) is 16.8 Å². The number of anilines is 1. The zero-order valence-electron chi connectivity index (χ0n) is 16.0. The fraction of sp³-hybridized carbons (Fsp3) is 0.474. The van der Waals surface area contributed by atoms with E-state index in [0.29, 0.717) is 11.3 Å². The van der Waals surface area contributed by atoms with Crippen LogP contribution >= 0.6 is 11.3 Å². The molecule has 0 radical (unpaired) electrons. The third kappa shape index (κ3) is 3.68. The zero-order valence-corrected chi connectivity index (χ0v) is 16.8. The number of imidazole rings is 1. The first-order chi connectivity index (χ1) is 12.0. The van der Waals surface area contributed by atoms with Crippen LogP contribution in [0.25, 0.3) is 15.2 Å². The van der Waals surface area contributed by atoms with Gasteiger partial charge in [0, 0.05) is 17.2 Å². The van der Waals surface area contributed by atoms with Crippen molar-refractivity contribution in [1.82, 2.24) is 9.38 Å². The van der Waals surface area contributed by atoms with Gasteiger partial charge in [-0.25, -0.2) is 9.78 Å². The number of amides is 1. The number of rotatable bonds is 2. The summed E-state index contributed by atoms with van der Waals surface area (Å²) in [5, 5.41) is 12.4. The standard InChI is InChI=1S/C19H25N3O3S/c1-18(2,3)15-9-22-13-8-12(20-17(24)25-19(4,5)6)11(10-23)7-14(13)26-16(22)21-15/h7-9,23H,10H2,1-6H3,(H,20,24). The van der Waals surface area contributed by atoms with E-state index in [1.165, 1.54) is 0 Å². The summed E-state index contributed by atoms with van der Waals surface area (Å²) >= 11 is 1.56. The monoisotopic (exact) mass is 375 g/mol. The molecule has 0 aliphatic carbocycles. The Morgan fingerprint density at radius 2 is 1.96 bits per heavy atom. The summed E-state index contributed by atoms with van der Waals surface area (Å²) in [5.74, 6) is 0. The molecule has 140 valence electrons. The second kappa shape index (κ2) is 6.25. The van der Waals surface area contributed by atoms with Gasteiger partial charge in [0.15, 0.2) is 4.96 Å². The molecule has 2 heterocycles. The molecule has 7 heteroatoms. The normalized spacial score (nSPS) is 12.7. The number of carbonyl (C=O) groups excluding carboxylic acids is 1. The van der Waals surface area contributed by atoms with Crippen molar-refractivity contribution in [3.8, 4) is 0 Å². The molecule has 0 saturated carbocycles. The van der Waals surface area contributed by atoms with Crippen molar-refractivity contribution in [2.45, 2.75) is 59.2 Å². The Hall–Kier alpha value is -2.12. The third-order valence-corrected chi connectivity index (χ3v) is 4.91. The summed E-state index contributed by atoms with van der Waals surface area (Å²) in [4.78, 5) is 17.8. The number of aliphatic hydroxyl groups excluding tert-OH is 1. The van der Waals surface area contributed by atoms with Crippen LogP contribution in [0.1, 0.15) is 52.8 Å². The molecular formula is C19H25N3O3S. The molecule has 0 fully saturated rings. The van der Waals surface area contributed by atoms with E-state index in [1.54, 1.807) is 11.3 Å². The maximum Gasteiger partial charge on any atom is 0.412 e. The Kier molecular flexibility index (Phi) is 4.48. The number of ether oxygens (including phenoxy) is 1. The molecule has 0 atom stereocenters. The number of aromatic nitrogens is 2. The van der Waals surface area contributed by atoms with Gasteiger partial charge in [-0.1, -0.05) is 32.1 Å². The number of benzene rings is 1. The lowest BCUT2D eigenvalue weighted by Gasteiger charge is -2.20. The van der Waals surface area contributed by atoms with Gasteiger partial charge < -0.3 is 9.84 Å². The quantitative estimate of drug-likeness (QED) is 0.681. The molecule has 1 aromatic carbocycles. The van der Waals surface area contributed by atoms with Gasteiger partial charge in [0.1, 0.15) is 5.60 Å². The molecule has 1 amide bonds. The van der Waals surface area contributed by atoms with E-state index in [0.717, 1.165) is 20.9 Å². The van der Waals surface area contributed by atoms with Crippen molar-refractivity contribution in [3.05, 3.63) is 29.6 Å². The van der Waals surface area contributed by atoms with Crippen molar-refractivity contribution in [3.63, 3.8) is 0 Å². The van der Waals surface area contributed by atoms with Crippen LogP contribution in [0.15, 0.2) is 18.3 Å². The van der Waals surface area contributed by atoms with Crippen LogP contribution in [-0.4, -0.2) is 26.2 Å². The lowest BCUT2D eigenvalue weighted by atomic mass is 9.93. The van der Waals surface area contributed by atoms with E-state index < -0.39 is 11.7 Å². The molecule has 2 aromatic heterocycles. The fourth-order valence-electron chi connectivity index (χ4n) is 2.61. The van der Waals surface area contributed by atoms with Crippen LogP contribution in [0.4, 0.5) is 10.5 Å². The van der Waals surface area contributed by atoms with E-state index >= 15 is 0 Å². The number of nitrogens with zero attached hydrogens (tertiary/aromatic N) is 2. The minimum absolute atomic E-state index is 0.0410.